The molecule has 1 atom stereocenters. The van der Waals surface area contributed by atoms with Gasteiger partial charge in [-0.15, -0.1) is 0 Å². The smallest absolute Gasteiger partial charge is 0.408 e. The van der Waals surface area contributed by atoms with Crippen molar-refractivity contribution in [2.24, 2.45) is 0 Å². The van der Waals surface area contributed by atoms with E-state index in [1.165, 1.54) is 7.11 Å². The molecule has 3 aromatic rings. The van der Waals surface area contributed by atoms with E-state index in [1.807, 2.05) is 88.5 Å². The lowest BCUT2D eigenvalue weighted by molar-refractivity contribution is -0.118. The van der Waals surface area contributed by atoms with E-state index < -0.39 is 18.0 Å². The molecule has 34 heavy (non-hydrogen) atoms. The molecule has 3 aromatic carbocycles. The number of aryl methyl sites for hydroxylation is 1. The fourth-order valence-electron chi connectivity index (χ4n) is 3.23. The van der Waals surface area contributed by atoms with Crippen molar-refractivity contribution in [1.82, 2.24) is 5.32 Å². The van der Waals surface area contributed by atoms with Gasteiger partial charge in [0.15, 0.2) is 0 Å². The second-order valence-corrected chi connectivity index (χ2v) is 9.89. The summed E-state index contributed by atoms with van der Waals surface area (Å²) in [6.07, 6.45) is -0.504. The maximum absolute atomic E-state index is 13.3. The Kier molecular flexibility index (Phi) is 9.39. The van der Waals surface area contributed by atoms with Crippen LogP contribution in [0.4, 0.5) is 10.5 Å². The number of ether oxygens (including phenoxy) is 2. The molecule has 9 heteroatoms. The van der Waals surface area contributed by atoms with E-state index in [-0.39, 0.29) is 18.8 Å². The van der Waals surface area contributed by atoms with E-state index in [4.69, 9.17) is 9.47 Å². The number of phenolic OH excluding ortho intramolecular Hbond substituents is 1. The number of hydrogen-bond acceptors (Lipinski definition) is 5. The van der Waals surface area contributed by atoms with Gasteiger partial charge in [0.1, 0.15) is 24.1 Å². The standard InChI is InChI=1S/C25H24I2N2O5/c1-15-8-9-22(33-2)20(10-15)28-24(31)21(13-17-11-18(26)23(30)19(27)12-17)29-25(32)34-14-16-6-4-3-5-7-16/h3-12,21,30H,13-14H2,1-2H3,(H,28,31)(H,29,32)/t21-/m1/s1. The molecule has 0 aromatic heterocycles. The van der Waals surface area contributed by atoms with Crippen LogP contribution in [0.3, 0.4) is 0 Å². The van der Waals surface area contributed by atoms with Crippen LogP contribution in [0.15, 0.2) is 60.7 Å². The summed E-state index contributed by atoms with van der Waals surface area (Å²) in [5.74, 6) is 0.280. The van der Waals surface area contributed by atoms with Crippen molar-refractivity contribution < 1.29 is 24.2 Å². The average Bonchev–Trinajstić information content (AvgIpc) is 2.81. The zero-order chi connectivity index (χ0) is 24.7. The highest BCUT2D eigenvalue weighted by molar-refractivity contribution is 14.1. The highest BCUT2D eigenvalue weighted by Crippen LogP contribution is 2.29. The van der Waals surface area contributed by atoms with E-state index >= 15 is 0 Å². The van der Waals surface area contributed by atoms with Crippen molar-refractivity contribution in [2.45, 2.75) is 26.0 Å². The molecule has 178 valence electrons. The van der Waals surface area contributed by atoms with Crippen LogP contribution in [0.1, 0.15) is 16.7 Å². The first kappa shape index (κ1) is 26.1. The van der Waals surface area contributed by atoms with Gasteiger partial charge in [-0.25, -0.2) is 4.79 Å². The monoisotopic (exact) mass is 686 g/mol. The lowest BCUT2D eigenvalue weighted by atomic mass is 10.0. The molecule has 0 aliphatic heterocycles. The van der Waals surface area contributed by atoms with E-state index in [1.54, 1.807) is 24.3 Å². The molecule has 0 bridgehead atoms. The van der Waals surface area contributed by atoms with Crippen molar-refractivity contribution >= 4 is 62.9 Å². The third-order valence-electron chi connectivity index (χ3n) is 4.95. The molecule has 0 radical (unpaired) electrons. The number of halogens is 2. The number of phenols is 1. The zero-order valence-corrected chi connectivity index (χ0v) is 22.9. The van der Waals surface area contributed by atoms with Gasteiger partial charge >= 0.3 is 6.09 Å². The molecular weight excluding hydrogens is 662 g/mol. The fourth-order valence-corrected chi connectivity index (χ4v) is 5.12. The quantitative estimate of drug-likeness (QED) is 0.276. The molecular formula is C25H24I2N2O5. The van der Waals surface area contributed by atoms with Gasteiger partial charge in [-0.3, -0.25) is 4.79 Å². The molecule has 0 heterocycles. The number of carbonyl (C=O) groups excluding carboxylic acids is 2. The summed E-state index contributed by atoms with van der Waals surface area (Å²) in [7, 11) is 1.53. The number of methoxy groups -OCH3 is 1. The van der Waals surface area contributed by atoms with Gasteiger partial charge in [-0.2, -0.15) is 0 Å². The second kappa shape index (κ2) is 12.2. The van der Waals surface area contributed by atoms with Gasteiger partial charge < -0.3 is 25.2 Å². The molecule has 0 saturated carbocycles. The fraction of sp³-hybridized carbons (Fsp3) is 0.200. The van der Waals surface area contributed by atoms with Crippen LogP contribution in [-0.4, -0.2) is 30.3 Å². The predicted octanol–water partition coefficient (Wildman–Crippen LogP) is 5.39. The lowest BCUT2D eigenvalue weighted by Crippen LogP contribution is -2.45. The van der Waals surface area contributed by atoms with E-state index in [0.29, 0.717) is 18.6 Å². The molecule has 0 aliphatic carbocycles. The Morgan fingerprint density at radius 1 is 1.00 bits per heavy atom. The summed E-state index contributed by atoms with van der Waals surface area (Å²) in [5.41, 5.74) is 3.08. The minimum absolute atomic E-state index is 0.0850. The SMILES string of the molecule is COc1ccc(C)cc1NC(=O)[C@@H](Cc1cc(I)c(O)c(I)c1)NC(=O)OCc1ccccc1. The molecule has 0 spiro atoms. The van der Waals surface area contributed by atoms with Crippen LogP contribution < -0.4 is 15.4 Å². The Bertz CT molecular complexity index is 1150. The maximum atomic E-state index is 13.3. The molecule has 3 rings (SSSR count). The molecule has 7 nitrogen and oxygen atoms in total. The zero-order valence-electron chi connectivity index (χ0n) is 18.6. The summed E-state index contributed by atoms with van der Waals surface area (Å²) in [4.78, 5) is 25.8. The number of amides is 2. The van der Waals surface area contributed by atoms with Crippen molar-refractivity contribution in [3.05, 3.63) is 84.5 Å². The first-order valence-corrected chi connectivity index (χ1v) is 12.5. The Balaban J connectivity index is 1.79. The number of carbonyl (C=O) groups is 2. The van der Waals surface area contributed by atoms with Crippen LogP contribution >= 0.6 is 45.2 Å². The normalized spacial score (nSPS) is 11.4. The summed E-state index contributed by atoms with van der Waals surface area (Å²) in [5, 5.41) is 15.6. The summed E-state index contributed by atoms with van der Waals surface area (Å²) >= 11 is 4.07. The Labute approximate surface area is 225 Å². The number of anilines is 1. The maximum Gasteiger partial charge on any atom is 0.408 e. The number of benzene rings is 3. The molecule has 0 fully saturated rings. The van der Waals surface area contributed by atoms with Gasteiger partial charge in [-0.05, 0) is 93.1 Å². The number of nitrogens with one attached hydrogen (secondary N) is 2. The van der Waals surface area contributed by atoms with Gasteiger partial charge in [0.05, 0.1) is 19.9 Å². The van der Waals surface area contributed by atoms with E-state index in [0.717, 1.165) is 16.7 Å². The number of aromatic hydroxyl groups is 1. The molecule has 3 N–H and O–H groups in total. The first-order chi connectivity index (χ1) is 16.3. The highest BCUT2D eigenvalue weighted by Gasteiger charge is 2.24. The number of alkyl carbamates (subject to hydrolysis) is 1. The van der Waals surface area contributed by atoms with Crippen LogP contribution in [0.2, 0.25) is 0 Å². The third-order valence-corrected chi connectivity index (χ3v) is 6.60. The Hall–Kier alpha value is -2.54. The van der Waals surface area contributed by atoms with Gasteiger partial charge in [0.2, 0.25) is 5.91 Å². The van der Waals surface area contributed by atoms with Gasteiger partial charge in [0, 0.05) is 6.42 Å². The van der Waals surface area contributed by atoms with E-state index in [9.17, 15) is 14.7 Å². The van der Waals surface area contributed by atoms with Crippen molar-refractivity contribution in [3.63, 3.8) is 0 Å². The van der Waals surface area contributed by atoms with Crippen LogP contribution in [-0.2, 0) is 22.6 Å². The van der Waals surface area contributed by atoms with Crippen LogP contribution in [0.5, 0.6) is 11.5 Å². The largest absolute Gasteiger partial charge is 0.506 e. The van der Waals surface area contributed by atoms with Gasteiger partial charge in [0.25, 0.3) is 0 Å². The summed E-state index contributed by atoms with van der Waals surface area (Å²) in [6.45, 7) is 1.99. The molecule has 0 aliphatic rings. The van der Waals surface area contributed by atoms with Crippen molar-refractivity contribution in [2.75, 3.05) is 12.4 Å². The third kappa shape index (κ3) is 7.23. The van der Waals surface area contributed by atoms with Crippen molar-refractivity contribution in [1.29, 1.82) is 0 Å². The second-order valence-electron chi connectivity index (χ2n) is 7.56. The molecule has 0 saturated heterocycles. The minimum atomic E-state index is -0.926. The van der Waals surface area contributed by atoms with Crippen LogP contribution in [0, 0.1) is 14.1 Å². The minimum Gasteiger partial charge on any atom is -0.506 e. The Morgan fingerprint density at radius 2 is 1.68 bits per heavy atom. The first-order valence-electron chi connectivity index (χ1n) is 10.4. The van der Waals surface area contributed by atoms with Gasteiger partial charge in [-0.1, -0.05) is 36.4 Å². The average molecular weight is 686 g/mol. The van der Waals surface area contributed by atoms with Crippen LogP contribution in [0.25, 0.3) is 0 Å². The summed E-state index contributed by atoms with van der Waals surface area (Å²) in [6, 6.07) is 17.4. The topological polar surface area (TPSA) is 96.9 Å². The number of rotatable bonds is 8. The number of hydrogen-bond donors (Lipinski definition) is 3. The predicted molar refractivity (Wildman–Crippen MR) is 147 cm³/mol. The Morgan fingerprint density at radius 3 is 2.32 bits per heavy atom. The molecule has 0 unspecified atom stereocenters. The lowest BCUT2D eigenvalue weighted by Gasteiger charge is -2.20. The summed E-state index contributed by atoms with van der Waals surface area (Å²) < 4.78 is 12.0. The molecule has 2 amide bonds. The van der Waals surface area contributed by atoms with E-state index in [2.05, 4.69) is 10.6 Å². The highest BCUT2D eigenvalue weighted by atomic mass is 127. The van der Waals surface area contributed by atoms with Crippen molar-refractivity contribution in [3.8, 4) is 11.5 Å².